The second-order valence-electron chi connectivity index (χ2n) is 7.76. The minimum absolute atomic E-state index is 0.0420. The van der Waals surface area contributed by atoms with Crippen molar-refractivity contribution < 1.29 is 18.4 Å². The molecule has 0 aliphatic carbocycles. The Hall–Kier alpha value is -3.73. The molecule has 1 aliphatic rings. The summed E-state index contributed by atoms with van der Waals surface area (Å²) in [5.74, 6) is 1.97. The molecule has 3 aromatic rings. The van der Waals surface area contributed by atoms with Gasteiger partial charge in [0.05, 0.1) is 18.9 Å². The van der Waals surface area contributed by atoms with E-state index in [0.29, 0.717) is 44.2 Å². The number of hydrogen-bond acceptors (Lipinski definition) is 7. The first-order chi connectivity index (χ1) is 15.6. The van der Waals surface area contributed by atoms with Gasteiger partial charge in [0.25, 0.3) is 5.89 Å². The molecule has 0 saturated carbocycles. The fourth-order valence-corrected chi connectivity index (χ4v) is 3.88. The molecule has 1 saturated heterocycles. The molecule has 3 heterocycles. The number of carbonyl (C=O) groups is 1. The SMILES string of the molecule is CCOc1ccc([C@@H](C)NC(=O)C2CCN(c3oc(-c4ccco4)nc3C#N)CC2)cc1. The van der Waals surface area contributed by atoms with Crippen LogP contribution in [0.15, 0.2) is 51.5 Å². The zero-order chi connectivity index (χ0) is 22.5. The van der Waals surface area contributed by atoms with Crippen molar-refractivity contribution >= 4 is 11.8 Å². The van der Waals surface area contributed by atoms with Crippen LogP contribution in [0, 0.1) is 17.2 Å². The highest BCUT2D eigenvalue weighted by atomic mass is 16.5. The molecule has 8 nitrogen and oxygen atoms in total. The highest BCUT2D eigenvalue weighted by molar-refractivity contribution is 5.79. The molecule has 1 N–H and O–H groups in total. The first kappa shape index (κ1) is 21.5. The van der Waals surface area contributed by atoms with E-state index in [0.717, 1.165) is 11.3 Å². The number of nitriles is 1. The molecule has 1 atom stereocenters. The quantitative estimate of drug-likeness (QED) is 0.591. The van der Waals surface area contributed by atoms with E-state index in [1.165, 1.54) is 6.26 Å². The van der Waals surface area contributed by atoms with E-state index in [1.54, 1.807) is 12.1 Å². The van der Waals surface area contributed by atoms with Crippen LogP contribution in [0.1, 0.15) is 44.0 Å². The second-order valence-corrected chi connectivity index (χ2v) is 7.76. The van der Waals surface area contributed by atoms with Crippen molar-refractivity contribution in [2.45, 2.75) is 32.7 Å². The summed E-state index contributed by atoms with van der Waals surface area (Å²) in [6, 6.07) is 13.3. The van der Waals surface area contributed by atoms with Gasteiger partial charge < -0.3 is 23.8 Å². The Bertz CT molecular complexity index is 1070. The third-order valence-corrected chi connectivity index (χ3v) is 5.65. The fraction of sp³-hybridized carbons (Fsp3) is 0.375. The predicted molar refractivity (Wildman–Crippen MR) is 118 cm³/mol. The molecule has 0 unspecified atom stereocenters. The zero-order valence-electron chi connectivity index (χ0n) is 18.2. The minimum Gasteiger partial charge on any atom is -0.494 e. The number of amides is 1. The summed E-state index contributed by atoms with van der Waals surface area (Å²) in [6.45, 7) is 5.77. The Morgan fingerprint density at radius 2 is 2.06 bits per heavy atom. The molecule has 0 spiro atoms. The Kier molecular flexibility index (Phi) is 6.45. The lowest BCUT2D eigenvalue weighted by atomic mass is 9.95. The zero-order valence-corrected chi connectivity index (χ0v) is 18.2. The van der Waals surface area contributed by atoms with E-state index < -0.39 is 0 Å². The topological polar surface area (TPSA) is 105 Å². The van der Waals surface area contributed by atoms with Crippen molar-refractivity contribution in [1.82, 2.24) is 10.3 Å². The summed E-state index contributed by atoms with van der Waals surface area (Å²) >= 11 is 0. The number of hydrogen-bond donors (Lipinski definition) is 1. The number of aromatic nitrogens is 1. The number of rotatable bonds is 7. The number of anilines is 1. The number of nitrogens with one attached hydrogen (secondary N) is 1. The van der Waals surface area contributed by atoms with E-state index >= 15 is 0 Å². The maximum absolute atomic E-state index is 12.8. The van der Waals surface area contributed by atoms with Crippen molar-refractivity contribution in [2.75, 3.05) is 24.6 Å². The van der Waals surface area contributed by atoms with Gasteiger partial charge in [-0.2, -0.15) is 10.2 Å². The number of nitrogens with zero attached hydrogens (tertiary/aromatic N) is 3. The van der Waals surface area contributed by atoms with Crippen molar-refractivity contribution in [3.05, 3.63) is 53.9 Å². The number of ether oxygens (including phenoxy) is 1. The Morgan fingerprint density at radius 3 is 2.69 bits per heavy atom. The molecule has 1 amide bonds. The molecule has 4 rings (SSSR count). The number of benzene rings is 1. The van der Waals surface area contributed by atoms with E-state index in [9.17, 15) is 10.1 Å². The normalized spacial score (nSPS) is 15.2. The molecular weight excluding hydrogens is 408 g/mol. The van der Waals surface area contributed by atoms with Crippen LogP contribution >= 0.6 is 0 Å². The molecule has 2 aromatic heterocycles. The first-order valence-electron chi connectivity index (χ1n) is 10.8. The fourth-order valence-electron chi connectivity index (χ4n) is 3.88. The molecule has 166 valence electrons. The van der Waals surface area contributed by atoms with Gasteiger partial charge in [-0.15, -0.1) is 0 Å². The van der Waals surface area contributed by atoms with E-state index in [2.05, 4.69) is 16.4 Å². The van der Waals surface area contributed by atoms with Gasteiger partial charge in [-0.25, -0.2) is 0 Å². The molecule has 32 heavy (non-hydrogen) atoms. The molecular formula is C24H26N4O4. The molecule has 1 fully saturated rings. The summed E-state index contributed by atoms with van der Waals surface area (Å²) in [5.41, 5.74) is 1.26. The standard InChI is InChI=1S/C24H26N4O4/c1-3-30-19-8-6-17(7-9-19)16(2)26-22(29)18-10-12-28(13-11-18)24-20(15-25)27-23(32-24)21-5-4-14-31-21/h4-9,14,16,18H,3,10-13H2,1-2H3,(H,26,29)/t16-/m1/s1. The van der Waals surface area contributed by atoms with Crippen LogP contribution in [0.3, 0.4) is 0 Å². The van der Waals surface area contributed by atoms with Gasteiger partial charge in [0.1, 0.15) is 11.8 Å². The van der Waals surface area contributed by atoms with Crippen LogP contribution in [-0.4, -0.2) is 30.6 Å². The largest absolute Gasteiger partial charge is 0.494 e. The second kappa shape index (κ2) is 9.60. The van der Waals surface area contributed by atoms with Crippen LogP contribution in [0.2, 0.25) is 0 Å². The summed E-state index contributed by atoms with van der Waals surface area (Å²) in [4.78, 5) is 19.0. The number of piperidine rings is 1. The van der Waals surface area contributed by atoms with Gasteiger partial charge >= 0.3 is 0 Å². The summed E-state index contributed by atoms with van der Waals surface area (Å²) in [5, 5.41) is 12.6. The lowest BCUT2D eigenvalue weighted by Gasteiger charge is -2.31. The highest BCUT2D eigenvalue weighted by Crippen LogP contribution is 2.31. The van der Waals surface area contributed by atoms with Gasteiger partial charge in [0.15, 0.2) is 5.76 Å². The molecule has 8 heteroatoms. The highest BCUT2D eigenvalue weighted by Gasteiger charge is 2.30. The molecule has 1 aromatic carbocycles. The number of furan rings is 1. The van der Waals surface area contributed by atoms with Gasteiger partial charge in [0, 0.05) is 19.0 Å². The number of oxazole rings is 1. The van der Waals surface area contributed by atoms with Gasteiger partial charge in [-0.05, 0) is 56.5 Å². The maximum Gasteiger partial charge on any atom is 0.266 e. The van der Waals surface area contributed by atoms with E-state index in [1.807, 2.05) is 43.0 Å². The van der Waals surface area contributed by atoms with Crippen molar-refractivity contribution in [1.29, 1.82) is 5.26 Å². The van der Waals surface area contributed by atoms with Crippen LogP contribution in [0.25, 0.3) is 11.7 Å². The summed E-state index contributed by atoms with van der Waals surface area (Å²) < 4.78 is 16.6. The predicted octanol–water partition coefficient (Wildman–Crippen LogP) is 4.30. The lowest BCUT2D eigenvalue weighted by molar-refractivity contribution is -0.126. The third kappa shape index (κ3) is 4.62. The van der Waals surface area contributed by atoms with Crippen LogP contribution in [0.5, 0.6) is 5.75 Å². The average molecular weight is 434 g/mol. The first-order valence-corrected chi connectivity index (χ1v) is 10.8. The lowest BCUT2D eigenvalue weighted by Crippen LogP contribution is -2.41. The maximum atomic E-state index is 12.8. The van der Waals surface area contributed by atoms with E-state index in [4.69, 9.17) is 13.6 Å². The van der Waals surface area contributed by atoms with Crippen molar-refractivity contribution in [3.8, 4) is 23.5 Å². The van der Waals surface area contributed by atoms with Crippen molar-refractivity contribution in [2.24, 2.45) is 5.92 Å². The van der Waals surface area contributed by atoms with Crippen LogP contribution in [-0.2, 0) is 4.79 Å². The smallest absolute Gasteiger partial charge is 0.266 e. The van der Waals surface area contributed by atoms with Crippen LogP contribution in [0.4, 0.5) is 5.88 Å². The number of carbonyl (C=O) groups excluding carboxylic acids is 1. The Labute approximate surface area is 186 Å². The molecule has 0 bridgehead atoms. The third-order valence-electron chi connectivity index (χ3n) is 5.65. The molecule has 0 radical (unpaired) electrons. The minimum atomic E-state index is -0.0912. The van der Waals surface area contributed by atoms with Crippen molar-refractivity contribution in [3.63, 3.8) is 0 Å². The van der Waals surface area contributed by atoms with Crippen LogP contribution < -0.4 is 15.0 Å². The summed E-state index contributed by atoms with van der Waals surface area (Å²) in [6.07, 6.45) is 2.87. The van der Waals surface area contributed by atoms with Gasteiger partial charge in [-0.1, -0.05) is 12.1 Å². The monoisotopic (exact) mass is 434 g/mol. The summed E-state index contributed by atoms with van der Waals surface area (Å²) in [7, 11) is 0. The van der Waals surface area contributed by atoms with E-state index in [-0.39, 0.29) is 29.5 Å². The average Bonchev–Trinajstić information content (AvgIpc) is 3.50. The molecule has 1 aliphatic heterocycles. The van der Waals surface area contributed by atoms with Gasteiger partial charge in [-0.3, -0.25) is 4.79 Å². The Morgan fingerprint density at radius 1 is 1.31 bits per heavy atom. The Balaban J connectivity index is 1.34. The van der Waals surface area contributed by atoms with Gasteiger partial charge in [0.2, 0.25) is 17.5 Å².